The Morgan fingerprint density at radius 2 is 1.53 bits per heavy atom. The first kappa shape index (κ1) is 55.2. The van der Waals surface area contributed by atoms with E-state index in [1.165, 1.54) is 12.0 Å². The fourth-order valence-corrected chi connectivity index (χ4v) is 10.4. The van der Waals surface area contributed by atoms with E-state index >= 15 is 0 Å². The van der Waals surface area contributed by atoms with Gasteiger partial charge in [0.05, 0.1) is 24.4 Å². The molecule has 2 saturated heterocycles. The molecule has 1 amide bonds. The first-order valence-electron chi connectivity index (χ1n) is 24.3. The SMILES string of the molecule is COC1CC[C@@H](C[C@@H](C)[C@@H]2CC(=O)[C@H](C)/C=C(\C)[C@@H](O)[C@@H](OC)C(=O)[C@H](C)C[C@H](C)/C=C/C=C/C=C(\C)[C@@H](OC)CC3CC[C@@H](C)[C@@](O)(O3)C(=O)C(=O)N3CCCCC3C(=O)O2)C[C@H]1OC. The number of amides is 1. The van der Waals surface area contributed by atoms with Crippen molar-refractivity contribution in [3.63, 3.8) is 0 Å². The number of carbonyl (C=O) groups excluding carboxylic acids is 5. The van der Waals surface area contributed by atoms with Gasteiger partial charge in [-0.2, -0.15) is 0 Å². The number of ether oxygens (including phenoxy) is 6. The molecular formula is C52H81NO13. The number of hydrogen-bond donors (Lipinski definition) is 2. The lowest BCUT2D eigenvalue weighted by Gasteiger charge is -2.42. The minimum absolute atomic E-state index is 0.0246. The molecule has 2 bridgehead atoms. The van der Waals surface area contributed by atoms with E-state index in [1.54, 1.807) is 48.2 Å². The number of rotatable bonds is 7. The van der Waals surface area contributed by atoms with Gasteiger partial charge in [-0.3, -0.25) is 19.2 Å². The van der Waals surface area contributed by atoms with Crippen molar-refractivity contribution in [3.8, 4) is 0 Å². The first-order valence-corrected chi connectivity index (χ1v) is 24.3. The summed E-state index contributed by atoms with van der Waals surface area (Å²) in [7, 11) is 6.31. The van der Waals surface area contributed by atoms with Crippen molar-refractivity contribution in [1.82, 2.24) is 4.90 Å². The van der Waals surface area contributed by atoms with Gasteiger partial charge < -0.3 is 43.5 Å². The second-order valence-electron chi connectivity index (χ2n) is 19.8. The summed E-state index contributed by atoms with van der Waals surface area (Å²) < 4.78 is 35.3. The second-order valence-corrected chi connectivity index (χ2v) is 19.8. The van der Waals surface area contributed by atoms with Crippen molar-refractivity contribution in [2.45, 2.75) is 180 Å². The van der Waals surface area contributed by atoms with E-state index in [0.29, 0.717) is 50.5 Å². The lowest BCUT2D eigenvalue weighted by Crippen LogP contribution is -2.61. The number of nitrogens with zero attached hydrogens (tertiary/aromatic N) is 1. The number of aliphatic hydroxyl groups excluding tert-OH is 1. The minimum Gasteiger partial charge on any atom is -0.460 e. The standard InChI is InChI=1S/C52H81NO13/c1-31-17-13-12-14-18-32(2)43(62-9)29-39-22-20-37(7)52(60,66-39)49(57)50(58)53-24-16-15-19-40(53)51(59)65-44(34(4)27-38-21-23-42(61-8)45(28-38)63-10)30-41(54)33(3)26-36(6)47(56)48(64-11)46(55)35(5)25-31/h12-14,17-18,26,31,33-35,37-40,42-45,47-48,56,60H,15-16,19-25,27-30H2,1-11H3/b14-12+,17-13+,32-18+,36-26+/t31-,33-,34-,35-,37-,38+,39?,40?,42?,43+,44+,45-,47-,48+,52-/m1/s1. The minimum atomic E-state index is -2.42. The molecular weight excluding hydrogens is 847 g/mol. The quantitative estimate of drug-likeness (QED) is 0.154. The van der Waals surface area contributed by atoms with Crippen molar-refractivity contribution >= 4 is 29.2 Å². The zero-order valence-electron chi connectivity index (χ0n) is 41.6. The molecule has 3 fully saturated rings. The van der Waals surface area contributed by atoms with E-state index in [4.69, 9.17) is 28.4 Å². The number of hydrogen-bond acceptors (Lipinski definition) is 13. The average Bonchev–Trinajstić information content (AvgIpc) is 3.30. The molecule has 66 heavy (non-hydrogen) atoms. The van der Waals surface area contributed by atoms with Gasteiger partial charge in [-0.25, -0.2) is 4.79 Å². The average molecular weight is 928 g/mol. The summed E-state index contributed by atoms with van der Waals surface area (Å²) in [5.74, 6) is -7.72. The molecule has 14 heteroatoms. The molecule has 15 atom stereocenters. The lowest BCUT2D eigenvalue weighted by atomic mass is 9.78. The molecule has 372 valence electrons. The summed E-state index contributed by atoms with van der Waals surface area (Å²) in [6.07, 6.45) is 12.7. The molecule has 0 aromatic rings. The van der Waals surface area contributed by atoms with Gasteiger partial charge in [-0.1, -0.05) is 71.1 Å². The van der Waals surface area contributed by atoms with Crippen molar-refractivity contribution in [2.24, 2.45) is 35.5 Å². The molecule has 1 saturated carbocycles. The number of Topliss-reactive ketones (excluding diaryl/α,β-unsaturated/α-hetero) is 3. The topological polar surface area (TPSA) is 184 Å². The van der Waals surface area contributed by atoms with Crippen LogP contribution in [0.25, 0.3) is 0 Å². The number of cyclic esters (lactones) is 1. The summed E-state index contributed by atoms with van der Waals surface area (Å²) in [6, 6.07) is -1.12. The van der Waals surface area contributed by atoms with Crippen molar-refractivity contribution < 1.29 is 62.6 Å². The largest absolute Gasteiger partial charge is 0.460 e. The summed E-state index contributed by atoms with van der Waals surface area (Å²) in [5.41, 5.74) is 1.29. The van der Waals surface area contributed by atoms with Gasteiger partial charge in [0.2, 0.25) is 5.79 Å². The van der Waals surface area contributed by atoms with Crippen LogP contribution in [0.4, 0.5) is 0 Å². The maximum Gasteiger partial charge on any atom is 0.329 e. The summed E-state index contributed by atoms with van der Waals surface area (Å²) in [5, 5.41) is 23.4. The molecule has 4 aliphatic rings. The first-order chi connectivity index (χ1) is 31.3. The summed E-state index contributed by atoms with van der Waals surface area (Å²) in [6.45, 7) is 12.8. The highest BCUT2D eigenvalue weighted by Gasteiger charge is 2.53. The van der Waals surface area contributed by atoms with E-state index in [0.717, 1.165) is 24.8 Å². The van der Waals surface area contributed by atoms with Crippen LogP contribution < -0.4 is 0 Å². The Bertz CT molecular complexity index is 1770. The Balaban J connectivity index is 1.70. The van der Waals surface area contributed by atoms with Crippen LogP contribution in [-0.4, -0.2) is 134 Å². The van der Waals surface area contributed by atoms with Gasteiger partial charge in [0, 0.05) is 65.6 Å². The Kier molecular flexibility index (Phi) is 21.6. The second kappa shape index (κ2) is 25.8. The molecule has 3 unspecified atom stereocenters. The van der Waals surface area contributed by atoms with Crippen molar-refractivity contribution in [3.05, 3.63) is 47.6 Å². The predicted octanol–water partition coefficient (Wildman–Crippen LogP) is 6.83. The molecule has 0 aromatic carbocycles. The molecule has 14 nitrogen and oxygen atoms in total. The van der Waals surface area contributed by atoms with Crippen LogP contribution in [-0.2, 0) is 52.4 Å². The zero-order chi connectivity index (χ0) is 48.9. The van der Waals surface area contributed by atoms with Gasteiger partial charge in [-0.05, 0) is 107 Å². The third-order valence-electron chi connectivity index (χ3n) is 14.8. The van der Waals surface area contributed by atoms with Crippen LogP contribution in [0.2, 0.25) is 0 Å². The number of carbonyl (C=O) groups is 5. The third-order valence-corrected chi connectivity index (χ3v) is 14.8. The highest BCUT2D eigenvalue weighted by Crippen LogP contribution is 2.38. The monoisotopic (exact) mass is 928 g/mol. The van der Waals surface area contributed by atoms with Gasteiger partial charge in [0.1, 0.15) is 30.1 Å². The molecule has 2 N–H and O–H groups in total. The summed E-state index contributed by atoms with van der Waals surface area (Å²) in [4.78, 5) is 72.0. The van der Waals surface area contributed by atoms with Crippen LogP contribution >= 0.6 is 0 Å². The highest BCUT2D eigenvalue weighted by atomic mass is 16.6. The van der Waals surface area contributed by atoms with E-state index in [2.05, 4.69) is 0 Å². The lowest BCUT2D eigenvalue weighted by molar-refractivity contribution is -0.265. The predicted molar refractivity (Wildman–Crippen MR) is 250 cm³/mol. The highest BCUT2D eigenvalue weighted by molar-refractivity contribution is 6.39. The smallest absolute Gasteiger partial charge is 0.329 e. The van der Waals surface area contributed by atoms with Crippen LogP contribution in [0.15, 0.2) is 47.6 Å². The van der Waals surface area contributed by atoms with Gasteiger partial charge in [0.25, 0.3) is 11.7 Å². The Morgan fingerprint density at radius 3 is 2.20 bits per heavy atom. The Labute approximate surface area is 393 Å². The molecule has 3 aliphatic heterocycles. The Hall–Kier alpha value is -3.37. The van der Waals surface area contributed by atoms with E-state index < -0.39 is 77.8 Å². The molecule has 0 aromatic heterocycles. The zero-order valence-corrected chi connectivity index (χ0v) is 41.6. The van der Waals surface area contributed by atoms with E-state index in [9.17, 15) is 34.2 Å². The number of allylic oxidation sites excluding steroid dienone is 6. The number of esters is 1. The van der Waals surface area contributed by atoms with Crippen LogP contribution in [0.5, 0.6) is 0 Å². The molecule has 0 radical (unpaired) electrons. The fraction of sp³-hybridized carbons (Fsp3) is 0.750. The normalized spacial score (nSPS) is 40.0. The number of aliphatic hydroxyl groups is 2. The Morgan fingerprint density at radius 1 is 0.818 bits per heavy atom. The molecule has 3 heterocycles. The third kappa shape index (κ3) is 14.3. The van der Waals surface area contributed by atoms with E-state index in [-0.39, 0.29) is 60.9 Å². The van der Waals surface area contributed by atoms with Gasteiger partial charge in [0.15, 0.2) is 5.78 Å². The fourth-order valence-electron chi connectivity index (χ4n) is 10.4. The molecule has 1 aliphatic carbocycles. The van der Waals surface area contributed by atoms with Gasteiger partial charge >= 0.3 is 5.97 Å². The maximum absolute atomic E-state index is 14.4. The summed E-state index contributed by atoms with van der Waals surface area (Å²) >= 11 is 0. The number of fused-ring (bicyclic) bond motifs is 3. The van der Waals surface area contributed by atoms with Crippen molar-refractivity contribution in [2.75, 3.05) is 35.0 Å². The molecule has 0 spiro atoms. The van der Waals surface area contributed by atoms with Crippen LogP contribution in [0, 0.1) is 35.5 Å². The van der Waals surface area contributed by atoms with Gasteiger partial charge in [-0.15, -0.1) is 0 Å². The van der Waals surface area contributed by atoms with Crippen LogP contribution in [0.3, 0.4) is 0 Å². The maximum atomic E-state index is 14.4. The number of methoxy groups -OCH3 is 4. The number of piperidine rings is 1. The molecule has 4 rings (SSSR count). The number of ketones is 3. The van der Waals surface area contributed by atoms with Crippen LogP contribution in [0.1, 0.15) is 126 Å². The van der Waals surface area contributed by atoms with E-state index in [1.807, 2.05) is 58.1 Å². The van der Waals surface area contributed by atoms with Crippen molar-refractivity contribution in [1.29, 1.82) is 0 Å².